The van der Waals surface area contributed by atoms with Crippen LogP contribution in [0.1, 0.15) is 0 Å². The van der Waals surface area contributed by atoms with Crippen LogP contribution in [0.5, 0.6) is 0 Å². The monoisotopic (exact) mass is 172 g/mol. The minimum atomic E-state index is 0.557. The number of ether oxygens (including phenoxy) is 2. The molecule has 0 bridgehead atoms. The number of aliphatic imine (C=N–C) groups is 2. The lowest BCUT2D eigenvalue weighted by Gasteiger charge is -2.00. The van der Waals surface area contributed by atoms with Crippen LogP contribution in [-0.4, -0.2) is 53.0 Å². The summed E-state index contributed by atoms with van der Waals surface area (Å²) in [6.45, 7) is 2.32. The Morgan fingerprint density at radius 2 is 1.33 bits per heavy atom. The maximum absolute atomic E-state index is 5.14. The van der Waals surface area contributed by atoms with Gasteiger partial charge in [0.2, 0.25) is 0 Å². The van der Waals surface area contributed by atoms with Gasteiger partial charge in [-0.25, -0.2) is 0 Å². The van der Waals surface area contributed by atoms with Crippen LogP contribution < -0.4 is 0 Å². The second kappa shape index (κ2) is 10.3. The second-order valence-electron chi connectivity index (χ2n) is 2.03. The molecule has 0 saturated carbocycles. The molecule has 12 heavy (non-hydrogen) atoms. The highest BCUT2D eigenvalue weighted by Crippen LogP contribution is 1.75. The molecule has 0 atom stereocenters. The zero-order valence-electron chi connectivity index (χ0n) is 7.69. The van der Waals surface area contributed by atoms with E-state index in [9.17, 15) is 0 Å². The van der Waals surface area contributed by atoms with Gasteiger partial charge in [0.1, 0.15) is 0 Å². The third-order valence-corrected chi connectivity index (χ3v) is 1.12. The van der Waals surface area contributed by atoms with Gasteiger partial charge in [-0.3, -0.25) is 9.98 Å². The molecule has 0 heterocycles. The van der Waals surface area contributed by atoms with Crippen LogP contribution in [0.2, 0.25) is 0 Å². The van der Waals surface area contributed by atoms with Gasteiger partial charge in [-0.15, -0.1) is 0 Å². The fourth-order valence-electron chi connectivity index (χ4n) is 0.539. The average molecular weight is 172 g/mol. The summed E-state index contributed by atoms with van der Waals surface area (Å²) in [6.07, 6.45) is 3.43. The summed E-state index contributed by atoms with van der Waals surface area (Å²) in [5, 5.41) is 0. The van der Waals surface area contributed by atoms with E-state index < -0.39 is 0 Å². The number of rotatable bonds is 7. The summed E-state index contributed by atoms with van der Waals surface area (Å²) in [5.74, 6) is 0. The lowest BCUT2D eigenvalue weighted by atomic mass is 10.7. The zero-order valence-corrected chi connectivity index (χ0v) is 7.69. The van der Waals surface area contributed by atoms with E-state index in [2.05, 4.69) is 9.98 Å². The molecule has 4 heteroatoms. The summed E-state index contributed by atoms with van der Waals surface area (Å²) >= 11 is 0. The number of hydrogen-bond donors (Lipinski definition) is 0. The SMILES string of the molecule is CN=CCOCCOCC=NC. The van der Waals surface area contributed by atoms with Gasteiger partial charge in [0.15, 0.2) is 0 Å². The van der Waals surface area contributed by atoms with Crippen molar-refractivity contribution in [2.45, 2.75) is 0 Å². The van der Waals surface area contributed by atoms with Crippen molar-refractivity contribution in [2.24, 2.45) is 9.98 Å². The standard InChI is InChI=1S/C8H16N2O2/c1-9-3-5-11-7-8-12-6-4-10-2/h3-4H,5-8H2,1-2H3. The summed E-state index contributed by atoms with van der Waals surface area (Å²) < 4.78 is 10.3. The normalized spacial score (nSPS) is 11.8. The molecule has 0 unspecified atom stereocenters. The van der Waals surface area contributed by atoms with Crippen LogP contribution in [0.25, 0.3) is 0 Å². The first-order chi connectivity index (χ1) is 5.91. The maximum Gasteiger partial charge on any atom is 0.0815 e. The van der Waals surface area contributed by atoms with Crippen molar-refractivity contribution < 1.29 is 9.47 Å². The molecule has 0 amide bonds. The molecule has 0 aromatic rings. The van der Waals surface area contributed by atoms with Crippen molar-refractivity contribution in [3.05, 3.63) is 0 Å². The summed E-state index contributed by atoms with van der Waals surface area (Å²) in [7, 11) is 3.44. The number of nitrogens with zero attached hydrogens (tertiary/aromatic N) is 2. The van der Waals surface area contributed by atoms with E-state index in [4.69, 9.17) is 9.47 Å². The van der Waals surface area contributed by atoms with E-state index >= 15 is 0 Å². The quantitative estimate of drug-likeness (QED) is 0.412. The molecule has 0 spiro atoms. The smallest absolute Gasteiger partial charge is 0.0815 e. The first kappa shape index (κ1) is 11.3. The van der Waals surface area contributed by atoms with Gasteiger partial charge in [0, 0.05) is 26.5 Å². The predicted molar refractivity (Wildman–Crippen MR) is 50.5 cm³/mol. The van der Waals surface area contributed by atoms with Gasteiger partial charge in [0.25, 0.3) is 0 Å². The Balaban J connectivity index is 2.91. The first-order valence-electron chi connectivity index (χ1n) is 3.88. The largest absolute Gasteiger partial charge is 0.373 e. The molecule has 0 saturated heterocycles. The van der Waals surface area contributed by atoms with Crippen molar-refractivity contribution in [3.8, 4) is 0 Å². The molecule has 4 nitrogen and oxygen atoms in total. The van der Waals surface area contributed by atoms with Gasteiger partial charge < -0.3 is 9.47 Å². The molecule has 70 valence electrons. The molecule has 0 aromatic carbocycles. The molecule has 0 aromatic heterocycles. The Morgan fingerprint density at radius 1 is 0.917 bits per heavy atom. The van der Waals surface area contributed by atoms with Gasteiger partial charge in [-0.05, 0) is 0 Å². The molecule has 0 N–H and O–H groups in total. The molecule has 0 radical (unpaired) electrons. The Bertz CT molecular complexity index is 119. The Morgan fingerprint density at radius 3 is 1.67 bits per heavy atom. The Labute approximate surface area is 73.3 Å². The molecule has 0 fully saturated rings. The van der Waals surface area contributed by atoms with Gasteiger partial charge >= 0.3 is 0 Å². The van der Waals surface area contributed by atoms with Crippen LogP contribution in [0.15, 0.2) is 9.98 Å². The van der Waals surface area contributed by atoms with E-state index in [1.54, 1.807) is 26.5 Å². The Hall–Kier alpha value is -0.740. The van der Waals surface area contributed by atoms with Gasteiger partial charge in [-0.1, -0.05) is 0 Å². The topological polar surface area (TPSA) is 43.2 Å². The van der Waals surface area contributed by atoms with E-state index in [0.717, 1.165) is 0 Å². The predicted octanol–water partition coefficient (Wildman–Crippen LogP) is 0.421. The molecule has 0 aliphatic heterocycles. The molecule has 0 rings (SSSR count). The molecular formula is C8H16N2O2. The Kier molecular flexibility index (Phi) is 9.63. The maximum atomic E-state index is 5.14. The summed E-state index contributed by atoms with van der Waals surface area (Å²) in [4.78, 5) is 7.54. The van der Waals surface area contributed by atoms with Crippen LogP contribution in [-0.2, 0) is 9.47 Å². The lowest BCUT2D eigenvalue weighted by molar-refractivity contribution is 0.0810. The fraction of sp³-hybridized carbons (Fsp3) is 0.750. The van der Waals surface area contributed by atoms with Crippen LogP contribution in [0.3, 0.4) is 0 Å². The van der Waals surface area contributed by atoms with Crippen molar-refractivity contribution in [3.63, 3.8) is 0 Å². The molecular weight excluding hydrogens is 156 g/mol. The zero-order chi connectivity index (χ0) is 9.07. The minimum Gasteiger partial charge on any atom is -0.373 e. The molecule has 0 aliphatic rings. The van der Waals surface area contributed by atoms with Crippen LogP contribution in [0.4, 0.5) is 0 Å². The lowest BCUT2D eigenvalue weighted by Crippen LogP contribution is -2.06. The van der Waals surface area contributed by atoms with E-state index in [1.165, 1.54) is 0 Å². The highest BCUT2D eigenvalue weighted by molar-refractivity contribution is 5.58. The van der Waals surface area contributed by atoms with Crippen LogP contribution in [0, 0.1) is 0 Å². The van der Waals surface area contributed by atoms with Gasteiger partial charge in [0.05, 0.1) is 26.4 Å². The summed E-state index contributed by atoms with van der Waals surface area (Å²) in [6, 6.07) is 0. The van der Waals surface area contributed by atoms with E-state index in [0.29, 0.717) is 26.4 Å². The number of hydrogen-bond acceptors (Lipinski definition) is 4. The average Bonchev–Trinajstić information content (AvgIpc) is 2.10. The fourth-order valence-corrected chi connectivity index (χ4v) is 0.539. The highest BCUT2D eigenvalue weighted by atomic mass is 16.5. The van der Waals surface area contributed by atoms with Crippen molar-refractivity contribution in [1.29, 1.82) is 0 Å². The van der Waals surface area contributed by atoms with E-state index in [-0.39, 0.29) is 0 Å². The third-order valence-electron chi connectivity index (χ3n) is 1.12. The van der Waals surface area contributed by atoms with E-state index in [1.807, 2.05) is 0 Å². The minimum absolute atomic E-state index is 0.557. The van der Waals surface area contributed by atoms with Crippen molar-refractivity contribution in [2.75, 3.05) is 40.5 Å². The highest BCUT2D eigenvalue weighted by Gasteiger charge is 1.85. The van der Waals surface area contributed by atoms with Crippen molar-refractivity contribution >= 4 is 12.4 Å². The van der Waals surface area contributed by atoms with Crippen molar-refractivity contribution in [1.82, 2.24) is 0 Å². The van der Waals surface area contributed by atoms with Gasteiger partial charge in [-0.2, -0.15) is 0 Å². The third kappa shape index (κ3) is 9.26. The second-order valence-corrected chi connectivity index (χ2v) is 2.03. The summed E-state index contributed by atoms with van der Waals surface area (Å²) in [5.41, 5.74) is 0. The van der Waals surface area contributed by atoms with Crippen LogP contribution >= 0.6 is 0 Å². The first-order valence-corrected chi connectivity index (χ1v) is 3.88. The molecule has 0 aliphatic carbocycles.